The van der Waals surface area contributed by atoms with Gasteiger partial charge in [-0.1, -0.05) is 13.3 Å². The van der Waals surface area contributed by atoms with Gasteiger partial charge in [0.2, 0.25) is 0 Å². The predicted molar refractivity (Wildman–Crippen MR) is 86.5 cm³/mol. The van der Waals surface area contributed by atoms with Gasteiger partial charge < -0.3 is 14.0 Å². The van der Waals surface area contributed by atoms with E-state index in [4.69, 9.17) is 14.0 Å². The van der Waals surface area contributed by atoms with Gasteiger partial charge in [-0.3, -0.25) is 4.55 Å². The molecule has 1 heterocycles. The monoisotopic (exact) mass is 338 g/mol. The molecule has 6 nitrogen and oxygen atoms in total. The number of ether oxygens (including phenoxy) is 2. The number of quaternary nitrogens is 1. The zero-order valence-corrected chi connectivity index (χ0v) is 14.7. The molecule has 0 aromatic rings. The van der Waals surface area contributed by atoms with Crippen LogP contribution in [0.5, 0.6) is 0 Å². The smallest absolute Gasteiger partial charge is 0.265 e. The molecule has 0 bridgehead atoms. The predicted octanol–water partition coefficient (Wildman–Crippen LogP) is 1.71. The number of likely N-dealkylation sites (tertiary alicyclic amines) is 1. The fourth-order valence-corrected chi connectivity index (χ4v) is 3.47. The van der Waals surface area contributed by atoms with Gasteiger partial charge >= 0.3 is 0 Å². The molecule has 0 radical (unpaired) electrons. The van der Waals surface area contributed by atoms with Crippen LogP contribution in [0.4, 0.5) is 0 Å². The summed E-state index contributed by atoms with van der Waals surface area (Å²) in [5.74, 6) is -0.140. The van der Waals surface area contributed by atoms with Gasteiger partial charge in [0.05, 0.1) is 45.2 Å². The Morgan fingerprint density at radius 1 is 0.955 bits per heavy atom. The lowest BCUT2D eigenvalue weighted by Crippen LogP contribution is -2.48. The molecule has 1 N–H and O–H groups in total. The SMILES string of the molecule is CCCCOCCOCC[N+]1(CCCS(=O)(=O)O)CCCC1. The van der Waals surface area contributed by atoms with E-state index in [0.29, 0.717) is 26.2 Å². The van der Waals surface area contributed by atoms with Crippen molar-refractivity contribution in [1.29, 1.82) is 0 Å². The summed E-state index contributed by atoms with van der Waals surface area (Å²) in [7, 11) is -3.84. The first-order valence-electron chi connectivity index (χ1n) is 8.43. The van der Waals surface area contributed by atoms with Crippen molar-refractivity contribution < 1.29 is 26.9 Å². The Bertz CT molecular complexity index is 379. The topological polar surface area (TPSA) is 72.8 Å². The minimum Gasteiger partial charge on any atom is -0.379 e. The molecule has 0 saturated carbocycles. The lowest BCUT2D eigenvalue weighted by molar-refractivity contribution is -0.917. The second-order valence-corrected chi connectivity index (χ2v) is 7.73. The van der Waals surface area contributed by atoms with Crippen molar-refractivity contribution in [3.63, 3.8) is 0 Å². The third kappa shape index (κ3) is 9.05. The van der Waals surface area contributed by atoms with Crippen molar-refractivity contribution in [2.45, 2.75) is 39.0 Å². The summed E-state index contributed by atoms with van der Waals surface area (Å²) in [6.45, 7) is 8.77. The van der Waals surface area contributed by atoms with Gasteiger partial charge in [-0.05, 0) is 6.42 Å². The van der Waals surface area contributed by atoms with Crippen molar-refractivity contribution in [3.8, 4) is 0 Å². The van der Waals surface area contributed by atoms with Gasteiger partial charge in [-0.15, -0.1) is 0 Å². The van der Waals surface area contributed by atoms with Crippen LogP contribution < -0.4 is 0 Å². The van der Waals surface area contributed by atoms with Crippen LogP contribution in [0.2, 0.25) is 0 Å². The molecule has 0 aromatic heterocycles. The second-order valence-electron chi connectivity index (χ2n) is 6.16. The number of nitrogens with zero attached hydrogens (tertiary/aromatic N) is 1. The summed E-state index contributed by atoms with van der Waals surface area (Å²) in [5, 5.41) is 0. The first-order valence-corrected chi connectivity index (χ1v) is 10.0. The molecule has 0 aromatic carbocycles. The highest BCUT2D eigenvalue weighted by molar-refractivity contribution is 7.85. The molecule has 1 fully saturated rings. The molecule has 1 aliphatic rings. The molecule has 0 unspecified atom stereocenters. The summed E-state index contributed by atoms with van der Waals surface area (Å²) in [5.41, 5.74) is 0. The zero-order chi connectivity index (χ0) is 16.3. The standard InChI is InChI=1S/C15H31NO5S/c1-2-3-11-20-13-14-21-12-10-16(7-4-5-8-16)9-6-15-22(17,18)19/h2-15H2,1H3/p+1. The highest BCUT2D eigenvalue weighted by Gasteiger charge is 2.31. The zero-order valence-electron chi connectivity index (χ0n) is 13.8. The first-order chi connectivity index (χ1) is 10.5. The minimum atomic E-state index is -3.84. The maximum Gasteiger partial charge on any atom is 0.265 e. The third-order valence-electron chi connectivity index (χ3n) is 4.27. The van der Waals surface area contributed by atoms with Crippen molar-refractivity contribution in [3.05, 3.63) is 0 Å². The molecular weight excluding hydrogens is 306 g/mol. The van der Waals surface area contributed by atoms with Crippen molar-refractivity contribution in [2.24, 2.45) is 0 Å². The maximum absolute atomic E-state index is 10.8. The van der Waals surface area contributed by atoms with Crippen LogP contribution in [-0.2, 0) is 19.6 Å². The molecule has 1 aliphatic heterocycles. The summed E-state index contributed by atoms with van der Waals surface area (Å²) in [4.78, 5) is 0. The molecule has 0 amide bonds. The fraction of sp³-hybridized carbons (Fsp3) is 1.00. The van der Waals surface area contributed by atoms with E-state index in [-0.39, 0.29) is 5.75 Å². The van der Waals surface area contributed by atoms with Crippen LogP contribution in [0.1, 0.15) is 39.0 Å². The van der Waals surface area contributed by atoms with Crippen molar-refractivity contribution in [2.75, 3.05) is 58.4 Å². The second kappa shape index (κ2) is 10.5. The van der Waals surface area contributed by atoms with Gasteiger partial charge in [0.25, 0.3) is 10.1 Å². The van der Waals surface area contributed by atoms with Crippen molar-refractivity contribution in [1.82, 2.24) is 0 Å². The molecule has 22 heavy (non-hydrogen) atoms. The van der Waals surface area contributed by atoms with Crippen LogP contribution >= 0.6 is 0 Å². The summed E-state index contributed by atoms with van der Waals surface area (Å²) >= 11 is 0. The molecule has 1 saturated heterocycles. The summed E-state index contributed by atoms with van der Waals surface area (Å²) in [6, 6.07) is 0. The van der Waals surface area contributed by atoms with Crippen LogP contribution in [-0.4, -0.2) is 75.8 Å². The quantitative estimate of drug-likeness (QED) is 0.314. The Kier molecular flexibility index (Phi) is 9.51. The fourth-order valence-electron chi connectivity index (χ4n) is 2.97. The Morgan fingerprint density at radius 3 is 2.18 bits per heavy atom. The van der Waals surface area contributed by atoms with E-state index in [0.717, 1.165) is 50.1 Å². The number of unbranched alkanes of at least 4 members (excludes halogenated alkanes) is 1. The molecule has 0 spiro atoms. The van der Waals surface area contributed by atoms with E-state index in [1.54, 1.807) is 0 Å². The van der Waals surface area contributed by atoms with Gasteiger partial charge in [0.1, 0.15) is 6.54 Å². The van der Waals surface area contributed by atoms with E-state index >= 15 is 0 Å². The normalized spacial score (nSPS) is 17.9. The van der Waals surface area contributed by atoms with Crippen LogP contribution in [0, 0.1) is 0 Å². The van der Waals surface area contributed by atoms with E-state index < -0.39 is 10.1 Å². The molecule has 0 atom stereocenters. The lowest BCUT2D eigenvalue weighted by Gasteiger charge is -2.34. The van der Waals surface area contributed by atoms with Gasteiger partial charge in [-0.2, -0.15) is 8.42 Å². The highest BCUT2D eigenvalue weighted by atomic mass is 32.2. The Morgan fingerprint density at radius 2 is 1.59 bits per heavy atom. The van der Waals surface area contributed by atoms with Crippen LogP contribution in [0.25, 0.3) is 0 Å². The average Bonchev–Trinajstić information content (AvgIpc) is 2.89. The largest absolute Gasteiger partial charge is 0.379 e. The number of hydrogen-bond donors (Lipinski definition) is 1. The average molecular weight is 338 g/mol. The van der Waals surface area contributed by atoms with Gasteiger partial charge in [-0.25, -0.2) is 0 Å². The third-order valence-corrected chi connectivity index (χ3v) is 5.08. The Hall–Kier alpha value is -0.210. The summed E-state index contributed by atoms with van der Waals surface area (Å²) < 4.78 is 42.5. The Balaban J connectivity index is 2.15. The number of rotatable bonds is 13. The van der Waals surface area contributed by atoms with E-state index in [9.17, 15) is 8.42 Å². The maximum atomic E-state index is 10.8. The molecule has 7 heteroatoms. The van der Waals surface area contributed by atoms with Crippen molar-refractivity contribution >= 4 is 10.1 Å². The molecular formula is C15H32NO5S+. The van der Waals surface area contributed by atoms with Gasteiger partial charge in [0.15, 0.2) is 0 Å². The van der Waals surface area contributed by atoms with Gasteiger partial charge in [0, 0.05) is 25.9 Å². The minimum absolute atomic E-state index is 0.140. The molecule has 0 aliphatic carbocycles. The lowest BCUT2D eigenvalue weighted by atomic mass is 10.3. The highest BCUT2D eigenvalue weighted by Crippen LogP contribution is 2.20. The Labute approximate surface area is 135 Å². The van der Waals surface area contributed by atoms with E-state index in [1.807, 2.05) is 0 Å². The van der Waals surface area contributed by atoms with Crippen LogP contribution in [0.15, 0.2) is 0 Å². The van der Waals surface area contributed by atoms with Crippen LogP contribution in [0.3, 0.4) is 0 Å². The number of hydrogen-bond acceptors (Lipinski definition) is 4. The molecule has 132 valence electrons. The first kappa shape index (κ1) is 19.8. The van der Waals surface area contributed by atoms with E-state index in [2.05, 4.69) is 6.92 Å². The summed E-state index contributed by atoms with van der Waals surface area (Å²) in [6.07, 6.45) is 5.12. The molecule has 1 rings (SSSR count). The van der Waals surface area contributed by atoms with E-state index in [1.165, 1.54) is 12.8 Å².